The molecule has 1 aliphatic rings. The Hall–Kier alpha value is -0.0400. The van der Waals surface area contributed by atoms with E-state index in [-0.39, 0.29) is 0 Å². The predicted molar refractivity (Wildman–Crippen MR) is 49.3 cm³/mol. The van der Waals surface area contributed by atoms with Crippen molar-refractivity contribution >= 4 is 0 Å². The average Bonchev–Trinajstić information content (AvgIpc) is 1.85. The van der Waals surface area contributed by atoms with Crippen LogP contribution in [0.4, 0.5) is 0 Å². The van der Waals surface area contributed by atoms with E-state index in [0.29, 0.717) is 6.04 Å². The highest BCUT2D eigenvalue weighted by Gasteiger charge is 2.32. The fourth-order valence-corrected chi connectivity index (χ4v) is 2.41. The van der Waals surface area contributed by atoms with Crippen molar-refractivity contribution in [1.29, 1.82) is 0 Å². The smallest absolute Gasteiger partial charge is 0.00443 e. The van der Waals surface area contributed by atoms with Crippen LogP contribution >= 0.6 is 0 Å². The maximum atomic E-state index is 5.76. The van der Waals surface area contributed by atoms with Gasteiger partial charge in [0.2, 0.25) is 0 Å². The summed E-state index contributed by atoms with van der Waals surface area (Å²) in [6, 6.07) is 0.521. The normalized spacial score (nSPS) is 33.5. The summed E-state index contributed by atoms with van der Waals surface area (Å²) in [5.41, 5.74) is 5.76. The molecule has 1 fully saturated rings. The molecule has 0 aromatic rings. The molecule has 0 aromatic heterocycles. The first kappa shape index (κ1) is 9.05. The van der Waals surface area contributed by atoms with E-state index in [2.05, 4.69) is 20.8 Å². The maximum Gasteiger partial charge on any atom is 0.00443 e. The van der Waals surface area contributed by atoms with Gasteiger partial charge in [0.25, 0.3) is 0 Å². The van der Waals surface area contributed by atoms with Gasteiger partial charge in [-0.15, -0.1) is 0 Å². The number of nitrogens with two attached hydrogens (primary N) is 1. The summed E-state index contributed by atoms with van der Waals surface area (Å²) >= 11 is 0. The largest absolute Gasteiger partial charge is 0.328 e. The van der Waals surface area contributed by atoms with Gasteiger partial charge in [-0.1, -0.05) is 27.2 Å². The van der Waals surface area contributed by atoms with Gasteiger partial charge in [-0.05, 0) is 30.6 Å². The predicted octanol–water partition coefficient (Wildman–Crippen LogP) is 2.41. The summed E-state index contributed by atoms with van der Waals surface area (Å²) < 4.78 is 0. The summed E-state index contributed by atoms with van der Waals surface area (Å²) in [6.07, 6.45) is 3.88. The van der Waals surface area contributed by atoms with Gasteiger partial charge in [0.15, 0.2) is 0 Å². The molecule has 1 nitrogen and oxygen atoms in total. The van der Waals surface area contributed by atoms with Crippen LogP contribution in [0.5, 0.6) is 0 Å². The van der Waals surface area contributed by atoms with Crippen molar-refractivity contribution in [2.75, 3.05) is 0 Å². The monoisotopic (exact) mass is 155 g/mol. The highest BCUT2D eigenvalue weighted by atomic mass is 14.7. The van der Waals surface area contributed by atoms with Gasteiger partial charge in [0.05, 0.1) is 0 Å². The molecule has 1 rings (SSSR count). The van der Waals surface area contributed by atoms with Crippen LogP contribution in [-0.2, 0) is 0 Å². The molecule has 1 aliphatic carbocycles. The second-order valence-corrected chi connectivity index (χ2v) is 4.31. The van der Waals surface area contributed by atoms with Crippen molar-refractivity contribution in [3.05, 3.63) is 0 Å². The molecule has 0 saturated heterocycles. The topological polar surface area (TPSA) is 26.0 Å². The zero-order chi connectivity index (χ0) is 8.43. The van der Waals surface area contributed by atoms with Crippen molar-refractivity contribution in [2.45, 2.75) is 46.1 Å². The van der Waals surface area contributed by atoms with Gasteiger partial charge in [-0.25, -0.2) is 0 Å². The first-order valence-electron chi connectivity index (χ1n) is 4.90. The van der Waals surface area contributed by atoms with Crippen LogP contribution in [0.1, 0.15) is 40.0 Å². The van der Waals surface area contributed by atoms with Gasteiger partial charge in [0.1, 0.15) is 0 Å². The van der Waals surface area contributed by atoms with Crippen LogP contribution < -0.4 is 5.73 Å². The lowest BCUT2D eigenvalue weighted by molar-refractivity contribution is 0.133. The van der Waals surface area contributed by atoms with Crippen molar-refractivity contribution in [1.82, 2.24) is 0 Å². The van der Waals surface area contributed by atoms with E-state index < -0.39 is 0 Å². The van der Waals surface area contributed by atoms with E-state index in [1.165, 1.54) is 19.3 Å². The molecule has 1 heteroatoms. The zero-order valence-corrected chi connectivity index (χ0v) is 8.01. The minimum absolute atomic E-state index is 0.521. The highest BCUT2D eigenvalue weighted by molar-refractivity contribution is 4.87. The average molecular weight is 155 g/mol. The summed E-state index contributed by atoms with van der Waals surface area (Å²) in [5.74, 6) is 2.71. The number of rotatable bonds is 3. The summed E-state index contributed by atoms with van der Waals surface area (Å²) in [5, 5.41) is 0. The van der Waals surface area contributed by atoms with Crippen molar-refractivity contribution < 1.29 is 0 Å². The van der Waals surface area contributed by atoms with Gasteiger partial charge < -0.3 is 5.73 Å². The molecular weight excluding hydrogens is 134 g/mol. The van der Waals surface area contributed by atoms with E-state index in [0.717, 1.165) is 17.8 Å². The maximum absolute atomic E-state index is 5.76. The van der Waals surface area contributed by atoms with E-state index in [4.69, 9.17) is 5.73 Å². The molecule has 0 spiro atoms. The molecule has 0 radical (unpaired) electrons. The SMILES string of the molecule is CCC(C(C)C)C1CC(N)C1. The molecule has 0 bridgehead atoms. The van der Waals surface area contributed by atoms with Crippen molar-refractivity contribution in [3.8, 4) is 0 Å². The number of hydrogen-bond donors (Lipinski definition) is 1. The van der Waals surface area contributed by atoms with Gasteiger partial charge in [-0.2, -0.15) is 0 Å². The summed E-state index contributed by atoms with van der Waals surface area (Å²) in [7, 11) is 0. The Morgan fingerprint density at radius 2 is 1.91 bits per heavy atom. The molecule has 0 heterocycles. The lowest BCUT2D eigenvalue weighted by Gasteiger charge is -2.40. The Balaban J connectivity index is 2.32. The van der Waals surface area contributed by atoms with Gasteiger partial charge >= 0.3 is 0 Å². The Bertz CT molecular complexity index is 114. The highest BCUT2D eigenvalue weighted by Crippen LogP contribution is 2.38. The second-order valence-electron chi connectivity index (χ2n) is 4.31. The van der Waals surface area contributed by atoms with E-state index in [9.17, 15) is 0 Å². The molecular formula is C10H21N. The van der Waals surface area contributed by atoms with Crippen LogP contribution in [-0.4, -0.2) is 6.04 Å². The third-order valence-corrected chi connectivity index (χ3v) is 3.14. The third kappa shape index (κ3) is 1.96. The zero-order valence-electron chi connectivity index (χ0n) is 8.01. The van der Waals surface area contributed by atoms with Gasteiger partial charge in [-0.3, -0.25) is 0 Å². The Kier molecular flexibility index (Phi) is 2.94. The molecule has 0 aromatic carbocycles. The van der Waals surface area contributed by atoms with E-state index >= 15 is 0 Å². The Morgan fingerprint density at radius 1 is 1.36 bits per heavy atom. The van der Waals surface area contributed by atoms with Crippen molar-refractivity contribution in [3.63, 3.8) is 0 Å². The lowest BCUT2D eigenvalue weighted by atomic mass is 9.68. The molecule has 0 aliphatic heterocycles. The van der Waals surface area contributed by atoms with Crippen LogP contribution in [0.3, 0.4) is 0 Å². The van der Waals surface area contributed by atoms with Crippen LogP contribution in [0, 0.1) is 17.8 Å². The molecule has 11 heavy (non-hydrogen) atoms. The number of hydrogen-bond acceptors (Lipinski definition) is 1. The standard InChI is InChI=1S/C10H21N/c1-4-10(7(2)3)8-5-9(11)6-8/h7-10H,4-6,11H2,1-3H3. The van der Waals surface area contributed by atoms with E-state index in [1.54, 1.807) is 0 Å². The first-order chi connectivity index (χ1) is 5.15. The third-order valence-electron chi connectivity index (χ3n) is 3.14. The fraction of sp³-hybridized carbons (Fsp3) is 1.00. The molecule has 1 atom stereocenters. The summed E-state index contributed by atoms with van der Waals surface area (Å²) in [6.45, 7) is 6.96. The fourth-order valence-electron chi connectivity index (χ4n) is 2.41. The molecule has 2 N–H and O–H groups in total. The molecule has 66 valence electrons. The Morgan fingerprint density at radius 3 is 2.18 bits per heavy atom. The molecule has 0 amide bonds. The van der Waals surface area contributed by atoms with Gasteiger partial charge in [0, 0.05) is 6.04 Å². The lowest BCUT2D eigenvalue weighted by Crippen LogP contribution is -2.41. The quantitative estimate of drug-likeness (QED) is 0.665. The second kappa shape index (κ2) is 3.57. The minimum Gasteiger partial charge on any atom is -0.328 e. The molecule has 1 unspecified atom stereocenters. The molecule has 1 saturated carbocycles. The summed E-state index contributed by atoms with van der Waals surface area (Å²) in [4.78, 5) is 0. The van der Waals surface area contributed by atoms with Crippen LogP contribution in [0.2, 0.25) is 0 Å². The first-order valence-corrected chi connectivity index (χ1v) is 4.90. The van der Waals surface area contributed by atoms with E-state index in [1.807, 2.05) is 0 Å². The Labute approximate surface area is 70.4 Å². The van der Waals surface area contributed by atoms with Crippen LogP contribution in [0.25, 0.3) is 0 Å². The van der Waals surface area contributed by atoms with Crippen LogP contribution in [0.15, 0.2) is 0 Å². The van der Waals surface area contributed by atoms with Crippen molar-refractivity contribution in [2.24, 2.45) is 23.5 Å². The minimum atomic E-state index is 0.521.